The van der Waals surface area contributed by atoms with Gasteiger partial charge in [0.05, 0.1) is 13.2 Å². The first kappa shape index (κ1) is 27.1. The van der Waals surface area contributed by atoms with Gasteiger partial charge in [0.2, 0.25) is 5.91 Å². The third kappa shape index (κ3) is 7.17. The quantitative estimate of drug-likeness (QED) is 0.274. The Balaban J connectivity index is 0.000000237. The summed E-state index contributed by atoms with van der Waals surface area (Å²) in [5.41, 5.74) is 10.2. The molecule has 4 rings (SSSR count). The summed E-state index contributed by atoms with van der Waals surface area (Å²) in [7, 11) is 0. The summed E-state index contributed by atoms with van der Waals surface area (Å²) in [6.07, 6.45) is 5.72. The van der Waals surface area contributed by atoms with Crippen molar-refractivity contribution < 1.29 is 14.3 Å². The molecule has 1 amide bonds. The second-order valence-electron chi connectivity index (χ2n) is 7.68. The number of H-pyrrole nitrogens is 2. The number of halogens is 1. The van der Waals surface area contributed by atoms with Gasteiger partial charge in [-0.05, 0) is 80.8 Å². The molecular weight excluding hydrogens is 452 g/mol. The maximum Gasteiger partial charge on any atom is 0.216 e. The maximum absolute atomic E-state index is 10.8. The fourth-order valence-electron chi connectivity index (χ4n) is 3.77. The molecule has 2 aromatic heterocycles. The van der Waals surface area contributed by atoms with Crippen molar-refractivity contribution >= 4 is 40.1 Å². The first-order chi connectivity index (χ1) is 16.0. The van der Waals surface area contributed by atoms with Gasteiger partial charge in [-0.25, -0.2) is 0 Å². The molecule has 0 unspecified atom stereocenters. The number of aromatic amines is 2. The number of hydrogen-bond acceptors (Lipinski definition) is 4. The molecule has 184 valence electrons. The van der Waals surface area contributed by atoms with E-state index in [2.05, 4.69) is 21.4 Å². The lowest BCUT2D eigenvalue weighted by Gasteiger charge is -2.04. The number of benzene rings is 2. The Kier molecular flexibility index (Phi) is 10.8. The predicted octanol–water partition coefficient (Wildman–Crippen LogP) is 4.73. The van der Waals surface area contributed by atoms with Crippen LogP contribution in [0.15, 0.2) is 48.8 Å². The van der Waals surface area contributed by atoms with E-state index in [1.54, 1.807) is 0 Å². The molecule has 0 atom stereocenters. The topological polar surface area (TPSA) is 105 Å². The molecule has 0 bridgehead atoms. The molecule has 0 radical (unpaired) electrons. The molecule has 0 aliphatic heterocycles. The minimum Gasteiger partial charge on any atom is -0.494 e. The number of nitrogens with one attached hydrogen (secondary N) is 3. The average Bonchev–Trinajstić information content (AvgIpc) is 3.39. The Bertz CT molecular complexity index is 1190. The van der Waals surface area contributed by atoms with Crippen molar-refractivity contribution in [2.24, 2.45) is 5.73 Å². The highest BCUT2D eigenvalue weighted by molar-refractivity contribution is 5.86. The first-order valence-electron chi connectivity index (χ1n) is 11.5. The molecule has 4 aromatic rings. The van der Waals surface area contributed by atoms with Crippen LogP contribution >= 0.6 is 12.4 Å². The largest absolute Gasteiger partial charge is 0.494 e. The fraction of sp³-hybridized carbons (Fsp3) is 0.346. The summed E-state index contributed by atoms with van der Waals surface area (Å²) in [5, 5.41) is 5.18. The minimum absolute atomic E-state index is 0. The van der Waals surface area contributed by atoms with Crippen LogP contribution in [0.5, 0.6) is 11.5 Å². The number of amides is 1. The lowest BCUT2D eigenvalue weighted by Crippen LogP contribution is -2.22. The highest BCUT2D eigenvalue weighted by Crippen LogP contribution is 2.25. The Labute approximate surface area is 206 Å². The Hall–Kier alpha value is -3.16. The Morgan fingerprint density at radius 3 is 1.82 bits per heavy atom. The van der Waals surface area contributed by atoms with Crippen molar-refractivity contribution in [3.63, 3.8) is 0 Å². The zero-order valence-electron chi connectivity index (χ0n) is 20.1. The highest BCUT2D eigenvalue weighted by atomic mass is 35.5. The van der Waals surface area contributed by atoms with Gasteiger partial charge in [0, 0.05) is 47.7 Å². The van der Waals surface area contributed by atoms with Gasteiger partial charge < -0.3 is 30.5 Å². The molecule has 0 saturated carbocycles. The number of carbonyl (C=O) groups excluding carboxylic acids is 1. The van der Waals surface area contributed by atoms with Crippen molar-refractivity contribution in [2.75, 3.05) is 26.3 Å². The summed E-state index contributed by atoms with van der Waals surface area (Å²) in [6, 6.07) is 12.1. The van der Waals surface area contributed by atoms with E-state index < -0.39 is 0 Å². The zero-order valence-corrected chi connectivity index (χ0v) is 20.9. The van der Waals surface area contributed by atoms with Crippen LogP contribution in [0.4, 0.5) is 0 Å². The number of hydrogen-bond donors (Lipinski definition) is 4. The van der Waals surface area contributed by atoms with Gasteiger partial charge in [0.15, 0.2) is 0 Å². The highest BCUT2D eigenvalue weighted by Gasteiger charge is 2.06. The second-order valence-corrected chi connectivity index (χ2v) is 7.68. The molecule has 2 aromatic carbocycles. The molecule has 5 N–H and O–H groups in total. The normalized spacial score (nSPS) is 10.4. The molecular formula is C26H35ClN4O3. The van der Waals surface area contributed by atoms with Gasteiger partial charge in [-0.15, -0.1) is 12.4 Å². The van der Waals surface area contributed by atoms with E-state index in [4.69, 9.17) is 15.2 Å². The van der Waals surface area contributed by atoms with Crippen molar-refractivity contribution in [3.05, 3.63) is 59.9 Å². The zero-order chi connectivity index (χ0) is 23.6. The molecule has 8 heteroatoms. The Morgan fingerprint density at radius 2 is 1.38 bits per heavy atom. The van der Waals surface area contributed by atoms with Crippen LogP contribution in [0.3, 0.4) is 0 Å². The molecule has 34 heavy (non-hydrogen) atoms. The number of aromatic nitrogens is 2. The van der Waals surface area contributed by atoms with E-state index in [1.165, 1.54) is 23.4 Å². The van der Waals surface area contributed by atoms with Crippen LogP contribution in [0.1, 0.15) is 31.9 Å². The number of rotatable bonds is 9. The fourth-order valence-corrected chi connectivity index (χ4v) is 3.77. The smallest absolute Gasteiger partial charge is 0.216 e. The van der Waals surface area contributed by atoms with Crippen LogP contribution < -0.4 is 20.5 Å². The van der Waals surface area contributed by atoms with Gasteiger partial charge >= 0.3 is 0 Å². The number of carbonyl (C=O) groups is 1. The van der Waals surface area contributed by atoms with E-state index >= 15 is 0 Å². The van der Waals surface area contributed by atoms with Crippen LogP contribution in [0.2, 0.25) is 0 Å². The molecule has 0 aliphatic rings. The SMILES string of the molecule is CCOc1ccc2[nH]cc(CCN)c2c1.CCOc1ccc2[nH]cc(CCNC(C)=O)c2c1.Cl. The van der Waals surface area contributed by atoms with E-state index in [1.807, 2.05) is 56.6 Å². The number of fused-ring (bicyclic) bond motifs is 2. The van der Waals surface area contributed by atoms with E-state index in [0.29, 0.717) is 26.3 Å². The molecule has 0 aliphatic carbocycles. The van der Waals surface area contributed by atoms with Crippen LogP contribution in [0.25, 0.3) is 21.8 Å². The molecule has 0 spiro atoms. The van der Waals surface area contributed by atoms with Crippen LogP contribution in [0, 0.1) is 0 Å². The standard InChI is InChI=1S/C14H18N2O2.C12H16N2O.ClH/c1-3-18-12-4-5-14-13(8-12)11(9-16-14)6-7-15-10(2)17;1-2-15-10-3-4-12-11(7-10)9(5-6-13)8-14-12;/h4-5,8-9,16H,3,6-7H2,1-2H3,(H,15,17);3-4,7-8,14H,2,5-6,13H2,1H3;1H. The van der Waals surface area contributed by atoms with Gasteiger partial charge in [0.1, 0.15) is 11.5 Å². The van der Waals surface area contributed by atoms with Crippen molar-refractivity contribution in [1.29, 1.82) is 0 Å². The first-order valence-corrected chi connectivity index (χ1v) is 11.5. The Morgan fingerprint density at radius 1 is 0.882 bits per heavy atom. The van der Waals surface area contributed by atoms with Crippen molar-refractivity contribution in [1.82, 2.24) is 15.3 Å². The van der Waals surface area contributed by atoms with Gasteiger partial charge in [-0.2, -0.15) is 0 Å². The van der Waals surface area contributed by atoms with E-state index in [0.717, 1.165) is 40.8 Å². The van der Waals surface area contributed by atoms with Crippen molar-refractivity contribution in [2.45, 2.75) is 33.6 Å². The molecule has 2 heterocycles. The van der Waals surface area contributed by atoms with Crippen LogP contribution in [-0.2, 0) is 17.6 Å². The van der Waals surface area contributed by atoms with Gasteiger partial charge in [0.25, 0.3) is 0 Å². The summed E-state index contributed by atoms with van der Waals surface area (Å²) in [4.78, 5) is 17.3. The minimum atomic E-state index is 0. The summed E-state index contributed by atoms with van der Waals surface area (Å²) in [5.74, 6) is 1.80. The van der Waals surface area contributed by atoms with E-state index in [-0.39, 0.29) is 18.3 Å². The molecule has 0 saturated heterocycles. The summed E-state index contributed by atoms with van der Waals surface area (Å²) in [6.45, 7) is 8.18. The van der Waals surface area contributed by atoms with E-state index in [9.17, 15) is 4.79 Å². The monoisotopic (exact) mass is 486 g/mol. The van der Waals surface area contributed by atoms with Gasteiger partial charge in [-0.3, -0.25) is 4.79 Å². The lowest BCUT2D eigenvalue weighted by atomic mass is 10.1. The molecule has 0 fully saturated rings. The average molecular weight is 487 g/mol. The maximum atomic E-state index is 10.8. The van der Waals surface area contributed by atoms with Crippen molar-refractivity contribution in [3.8, 4) is 11.5 Å². The molecule has 7 nitrogen and oxygen atoms in total. The predicted molar refractivity (Wildman–Crippen MR) is 141 cm³/mol. The van der Waals surface area contributed by atoms with Gasteiger partial charge in [-0.1, -0.05) is 0 Å². The lowest BCUT2D eigenvalue weighted by molar-refractivity contribution is -0.118. The second kappa shape index (κ2) is 13.5. The number of nitrogens with two attached hydrogens (primary N) is 1. The third-order valence-electron chi connectivity index (χ3n) is 5.28. The van der Waals surface area contributed by atoms with Crippen LogP contribution in [-0.4, -0.2) is 42.2 Å². The summed E-state index contributed by atoms with van der Waals surface area (Å²) < 4.78 is 11.0. The third-order valence-corrected chi connectivity index (χ3v) is 5.28. The summed E-state index contributed by atoms with van der Waals surface area (Å²) >= 11 is 0. The number of ether oxygens (including phenoxy) is 2.